The van der Waals surface area contributed by atoms with Crippen molar-refractivity contribution in [3.8, 4) is 0 Å². The molecule has 3 amide bonds. The molecule has 2 heterocycles. The van der Waals surface area contributed by atoms with Gasteiger partial charge in [-0.1, -0.05) is 60.7 Å². The summed E-state index contributed by atoms with van der Waals surface area (Å²) in [6, 6.07) is 16.2. The maximum Gasteiger partial charge on any atom is 0.345 e. The minimum absolute atomic E-state index is 0.191. The molecule has 2 bridgehead atoms. The van der Waals surface area contributed by atoms with Gasteiger partial charge in [0.15, 0.2) is 0 Å². The fourth-order valence-electron chi connectivity index (χ4n) is 3.71. The van der Waals surface area contributed by atoms with E-state index >= 15 is 0 Å². The molecule has 138 valence electrons. The van der Waals surface area contributed by atoms with E-state index in [1.165, 1.54) is 5.06 Å². The zero-order valence-electron chi connectivity index (χ0n) is 14.9. The Kier molecular flexibility index (Phi) is 4.64. The zero-order valence-corrected chi connectivity index (χ0v) is 14.9. The maximum absolute atomic E-state index is 13.0. The Hall–Kier alpha value is -3.12. The van der Waals surface area contributed by atoms with Crippen LogP contribution in [0.2, 0.25) is 0 Å². The Morgan fingerprint density at radius 2 is 1.85 bits per heavy atom. The number of hydroxylamine groups is 2. The summed E-state index contributed by atoms with van der Waals surface area (Å²) in [4.78, 5) is 33.0. The lowest BCUT2D eigenvalue weighted by Crippen LogP contribution is -2.43. The van der Waals surface area contributed by atoms with E-state index in [9.17, 15) is 9.59 Å². The standard InChI is InChI=1S/C21H21N3O3/c1-2-12-27-24-18-14-23(21(24)26)19(17-11-7-6-10-16(17)18)20(25)22-13-15-8-4-3-5-9-15/h2-11,18-19H,1,12-14H2,(H,22,25)/t18-,19+/m0/s1. The molecule has 0 aliphatic carbocycles. The van der Waals surface area contributed by atoms with Crippen LogP contribution in [-0.2, 0) is 16.2 Å². The monoisotopic (exact) mass is 363 g/mol. The van der Waals surface area contributed by atoms with Crippen molar-refractivity contribution in [1.29, 1.82) is 0 Å². The fourth-order valence-corrected chi connectivity index (χ4v) is 3.71. The molecule has 2 aliphatic rings. The van der Waals surface area contributed by atoms with Gasteiger partial charge in [0, 0.05) is 6.54 Å². The summed E-state index contributed by atoms with van der Waals surface area (Å²) in [5.74, 6) is -0.191. The van der Waals surface area contributed by atoms with E-state index in [4.69, 9.17) is 4.84 Å². The Morgan fingerprint density at radius 1 is 1.15 bits per heavy atom. The maximum atomic E-state index is 13.0. The van der Waals surface area contributed by atoms with E-state index in [0.717, 1.165) is 16.7 Å². The lowest BCUT2D eigenvalue weighted by Gasteiger charge is -2.31. The number of hydrogen-bond donors (Lipinski definition) is 1. The van der Waals surface area contributed by atoms with E-state index in [1.807, 2.05) is 54.6 Å². The normalized spacial score (nSPS) is 20.4. The quantitative estimate of drug-likeness (QED) is 0.803. The number of amides is 3. The lowest BCUT2D eigenvalue weighted by atomic mass is 9.90. The van der Waals surface area contributed by atoms with Gasteiger partial charge in [0.1, 0.15) is 12.1 Å². The van der Waals surface area contributed by atoms with E-state index in [2.05, 4.69) is 11.9 Å². The van der Waals surface area contributed by atoms with Gasteiger partial charge in [0.05, 0.1) is 13.2 Å². The Bertz CT molecular complexity index is 868. The largest absolute Gasteiger partial charge is 0.350 e. The number of urea groups is 1. The average molecular weight is 363 g/mol. The molecule has 6 nitrogen and oxygen atoms in total. The predicted octanol–water partition coefficient (Wildman–Crippen LogP) is 2.95. The van der Waals surface area contributed by atoms with Crippen molar-refractivity contribution in [3.05, 3.63) is 83.9 Å². The first-order valence-corrected chi connectivity index (χ1v) is 8.95. The second kappa shape index (κ2) is 7.25. The van der Waals surface area contributed by atoms with Crippen molar-refractivity contribution in [1.82, 2.24) is 15.3 Å². The summed E-state index contributed by atoms with van der Waals surface area (Å²) in [7, 11) is 0. The number of carbonyl (C=O) groups excluding carboxylic acids is 2. The van der Waals surface area contributed by atoms with Gasteiger partial charge in [-0.25, -0.2) is 4.79 Å². The van der Waals surface area contributed by atoms with Crippen molar-refractivity contribution in [2.75, 3.05) is 13.2 Å². The summed E-state index contributed by atoms with van der Waals surface area (Å²) in [5.41, 5.74) is 2.80. The first-order valence-electron chi connectivity index (χ1n) is 8.95. The summed E-state index contributed by atoms with van der Waals surface area (Å²) in [5, 5.41) is 4.33. The molecule has 0 spiro atoms. The highest BCUT2D eigenvalue weighted by Crippen LogP contribution is 2.43. The lowest BCUT2D eigenvalue weighted by molar-refractivity contribution is -0.126. The number of fused-ring (bicyclic) bond motifs is 4. The molecular weight excluding hydrogens is 342 g/mol. The third-order valence-electron chi connectivity index (χ3n) is 4.94. The number of carbonyl (C=O) groups is 2. The van der Waals surface area contributed by atoms with Crippen LogP contribution in [0.1, 0.15) is 28.8 Å². The van der Waals surface area contributed by atoms with Crippen LogP contribution in [0.4, 0.5) is 4.79 Å². The first kappa shape index (κ1) is 17.3. The number of rotatable bonds is 6. The molecule has 0 unspecified atom stereocenters. The smallest absolute Gasteiger partial charge is 0.345 e. The summed E-state index contributed by atoms with van der Waals surface area (Å²) < 4.78 is 0. The van der Waals surface area contributed by atoms with Crippen LogP contribution >= 0.6 is 0 Å². The van der Waals surface area contributed by atoms with Gasteiger partial charge in [-0.05, 0) is 16.7 Å². The van der Waals surface area contributed by atoms with Crippen LogP contribution in [-0.4, -0.2) is 35.1 Å². The molecular formula is C21H21N3O3. The van der Waals surface area contributed by atoms with Gasteiger partial charge in [-0.3, -0.25) is 9.63 Å². The van der Waals surface area contributed by atoms with Gasteiger partial charge in [0.2, 0.25) is 5.91 Å². The second-order valence-electron chi connectivity index (χ2n) is 6.60. The molecule has 6 heteroatoms. The minimum Gasteiger partial charge on any atom is -0.350 e. The van der Waals surface area contributed by atoms with Gasteiger partial charge < -0.3 is 10.2 Å². The van der Waals surface area contributed by atoms with Crippen molar-refractivity contribution in [2.24, 2.45) is 0 Å². The van der Waals surface area contributed by atoms with Crippen LogP contribution in [0.25, 0.3) is 0 Å². The van der Waals surface area contributed by atoms with E-state index < -0.39 is 6.04 Å². The highest BCUT2D eigenvalue weighted by Gasteiger charge is 2.50. The van der Waals surface area contributed by atoms with Crippen molar-refractivity contribution in [2.45, 2.75) is 18.6 Å². The van der Waals surface area contributed by atoms with E-state index in [-0.39, 0.29) is 24.6 Å². The molecule has 2 aromatic rings. The molecule has 27 heavy (non-hydrogen) atoms. The topological polar surface area (TPSA) is 61.9 Å². The Balaban J connectivity index is 1.60. The van der Waals surface area contributed by atoms with E-state index in [1.54, 1.807) is 11.0 Å². The molecule has 1 N–H and O–H groups in total. The molecule has 0 radical (unpaired) electrons. The van der Waals surface area contributed by atoms with Gasteiger partial charge in [-0.15, -0.1) is 6.58 Å². The van der Waals surface area contributed by atoms with Crippen LogP contribution in [0, 0.1) is 0 Å². The minimum atomic E-state index is -0.661. The number of hydrogen-bond acceptors (Lipinski definition) is 3. The summed E-state index contributed by atoms with van der Waals surface area (Å²) in [6.07, 6.45) is 1.60. The van der Waals surface area contributed by atoms with Crippen molar-refractivity contribution < 1.29 is 14.4 Å². The SMILES string of the molecule is C=CCON1C(=O)N2C[C@H]1c1ccccc1[C@@H]2C(=O)NCc1ccccc1. The summed E-state index contributed by atoms with van der Waals surface area (Å²) >= 11 is 0. The van der Waals surface area contributed by atoms with Crippen molar-refractivity contribution >= 4 is 11.9 Å². The molecule has 2 aromatic carbocycles. The van der Waals surface area contributed by atoms with Gasteiger partial charge in [-0.2, -0.15) is 5.06 Å². The average Bonchev–Trinajstić information content (AvgIpc) is 2.98. The van der Waals surface area contributed by atoms with Crippen molar-refractivity contribution in [3.63, 3.8) is 0 Å². The number of benzene rings is 2. The molecule has 2 atom stereocenters. The van der Waals surface area contributed by atoms with Gasteiger partial charge in [0.25, 0.3) is 0 Å². The first-order chi connectivity index (χ1) is 13.2. The molecule has 2 aliphatic heterocycles. The van der Waals surface area contributed by atoms with Crippen LogP contribution < -0.4 is 5.32 Å². The highest BCUT2D eigenvalue weighted by molar-refractivity contribution is 5.90. The van der Waals surface area contributed by atoms with Gasteiger partial charge >= 0.3 is 6.03 Å². The second-order valence-corrected chi connectivity index (χ2v) is 6.60. The number of nitrogens with zero attached hydrogens (tertiary/aromatic N) is 2. The fraction of sp³-hybridized carbons (Fsp3) is 0.238. The van der Waals surface area contributed by atoms with Crippen LogP contribution in [0.3, 0.4) is 0 Å². The molecule has 4 rings (SSSR count). The van der Waals surface area contributed by atoms with Crippen LogP contribution in [0.5, 0.6) is 0 Å². The number of nitrogens with one attached hydrogen (secondary N) is 1. The highest BCUT2D eigenvalue weighted by atomic mass is 16.7. The zero-order chi connectivity index (χ0) is 18.8. The van der Waals surface area contributed by atoms with Crippen LogP contribution in [0.15, 0.2) is 67.3 Å². The molecule has 1 saturated heterocycles. The predicted molar refractivity (Wildman–Crippen MR) is 100 cm³/mol. The summed E-state index contributed by atoms with van der Waals surface area (Å²) in [6.45, 7) is 4.72. The Morgan fingerprint density at radius 3 is 2.59 bits per heavy atom. The molecule has 0 aromatic heterocycles. The van der Waals surface area contributed by atoms with E-state index in [0.29, 0.717) is 13.1 Å². The third-order valence-corrected chi connectivity index (χ3v) is 4.94. The molecule has 1 fully saturated rings. The molecule has 0 saturated carbocycles. The Labute approximate surface area is 158 Å². The third kappa shape index (κ3) is 3.08.